The summed E-state index contributed by atoms with van der Waals surface area (Å²) in [5, 5.41) is 1.26. The number of para-hydroxylation sites is 1. The zero-order valence-electron chi connectivity index (χ0n) is 21.3. The van der Waals surface area contributed by atoms with Crippen LogP contribution in [0.1, 0.15) is 55.6 Å². The van der Waals surface area contributed by atoms with E-state index in [2.05, 4.69) is 65.0 Å². The van der Waals surface area contributed by atoms with E-state index < -0.39 is 5.67 Å². The molecule has 2 aliphatic heterocycles. The van der Waals surface area contributed by atoms with Crippen molar-refractivity contribution in [2.24, 2.45) is 0 Å². The topological polar surface area (TPSA) is 31.5 Å². The molecule has 1 N–H and O–H groups in total. The number of aryl methyl sites for hydroxylation is 1. The number of nitrogens with zero attached hydrogens (tertiary/aromatic N) is 2. The van der Waals surface area contributed by atoms with Crippen LogP contribution in [0, 0.1) is 6.92 Å². The van der Waals surface area contributed by atoms with Crippen LogP contribution >= 0.6 is 0 Å². The minimum atomic E-state index is -1.30. The number of hydrogen-bond acceptors (Lipinski definition) is 3. The van der Waals surface area contributed by atoms with Crippen LogP contribution in [0.3, 0.4) is 0 Å². The van der Waals surface area contributed by atoms with E-state index in [4.69, 9.17) is 4.74 Å². The highest BCUT2D eigenvalue weighted by atomic mass is 19.1. The summed E-state index contributed by atoms with van der Waals surface area (Å²) in [5.41, 5.74) is 4.67. The number of rotatable bonds is 8. The molecule has 0 aliphatic carbocycles. The largest absolute Gasteiger partial charge is 0.488 e. The van der Waals surface area contributed by atoms with Gasteiger partial charge < -0.3 is 9.72 Å². The van der Waals surface area contributed by atoms with Crippen molar-refractivity contribution < 1.29 is 13.5 Å². The van der Waals surface area contributed by atoms with Gasteiger partial charge in [-0.3, -0.25) is 14.2 Å². The SMILES string of the molecule is Cc1cc(OC2CN(CCCF)C2)ccc1[C@@H]1c2[nH]c3ccccc3c2C[C@@H](C)N1CC(C)(C)F. The monoisotopic (exact) mass is 481 g/mol. The molecular formula is C29H37F2N3O. The highest BCUT2D eigenvalue weighted by molar-refractivity contribution is 5.85. The second-order valence-electron chi connectivity index (χ2n) is 11.0. The van der Waals surface area contributed by atoms with E-state index in [1.54, 1.807) is 13.8 Å². The first kappa shape index (κ1) is 24.3. The number of ether oxygens (including phenoxy) is 1. The first-order valence-electron chi connectivity index (χ1n) is 12.8. The number of aromatic amines is 1. The smallest absolute Gasteiger partial charge is 0.124 e. The minimum absolute atomic E-state index is 0.0508. The Labute approximate surface area is 207 Å². The third-order valence-electron chi connectivity index (χ3n) is 7.45. The molecule has 2 atom stereocenters. The summed E-state index contributed by atoms with van der Waals surface area (Å²) in [4.78, 5) is 8.23. The van der Waals surface area contributed by atoms with Crippen LogP contribution in [0.2, 0.25) is 0 Å². The van der Waals surface area contributed by atoms with Crippen LogP contribution < -0.4 is 4.74 Å². The first-order chi connectivity index (χ1) is 16.7. The third-order valence-corrected chi connectivity index (χ3v) is 7.45. The summed E-state index contributed by atoms with van der Waals surface area (Å²) in [7, 11) is 0. The second-order valence-corrected chi connectivity index (χ2v) is 11.0. The van der Waals surface area contributed by atoms with E-state index in [0.29, 0.717) is 13.0 Å². The molecule has 35 heavy (non-hydrogen) atoms. The van der Waals surface area contributed by atoms with Gasteiger partial charge in [0.2, 0.25) is 0 Å². The fourth-order valence-electron chi connectivity index (χ4n) is 5.81. The summed E-state index contributed by atoms with van der Waals surface area (Å²) >= 11 is 0. The fourth-order valence-corrected chi connectivity index (χ4v) is 5.81. The lowest BCUT2D eigenvalue weighted by Gasteiger charge is -2.43. The molecule has 0 spiro atoms. The summed E-state index contributed by atoms with van der Waals surface area (Å²) < 4.78 is 33.6. The van der Waals surface area contributed by atoms with Gasteiger partial charge in [-0.05, 0) is 75.4 Å². The fraction of sp³-hybridized carbons (Fsp3) is 0.517. The zero-order chi connectivity index (χ0) is 24.7. The van der Waals surface area contributed by atoms with Crippen molar-refractivity contribution >= 4 is 10.9 Å². The van der Waals surface area contributed by atoms with Gasteiger partial charge in [-0.15, -0.1) is 0 Å². The second kappa shape index (κ2) is 9.55. The van der Waals surface area contributed by atoms with E-state index in [9.17, 15) is 8.78 Å². The number of aromatic nitrogens is 1. The van der Waals surface area contributed by atoms with Crippen molar-refractivity contribution in [2.45, 2.75) is 64.4 Å². The summed E-state index contributed by atoms with van der Waals surface area (Å²) in [6.45, 7) is 10.2. The molecule has 3 heterocycles. The van der Waals surface area contributed by atoms with Gasteiger partial charge in [0.1, 0.15) is 17.5 Å². The lowest BCUT2D eigenvalue weighted by atomic mass is 9.86. The maximum atomic E-state index is 15.0. The molecule has 2 aliphatic rings. The van der Waals surface area contributed by atoms with Gasteiger partial charge in [-0.25, -0.2) is 4.39 Å². The van der Waals surface area contributed by atoms with Crippen molar-refractivity contribution in [3.05, 3.63) is 64.8 Å². The van der Waals surface area contributed by atoms with E-state index in [-0.39, 0.29) is 24.9 Å². The van der Waals surface area contributed by atoms with Crippen molar-refractivity contribution in [1.82, 2.24) is 14.8 Å². The Bertz CT molecular complexity index is 1180. The van der Waals surface area contributed by atoms with E-state index in [1.165, 1.54) is 22.2 Å². The standard InChI is InChI=1S/C29H37F2N3O/c1-19-14-21(35-22-16-33(17-22)13-7-12-30)10-11-23(19)28-27-25(24-8-5-6-9-26(24)32-27)15-20(2)34(28)18-29(3,4)31/h5-6,8-11,14,20,22,28,32H,7,12-13,15-18H2,1-4H3/t20-,28-/m1/s1. The van der Waals surface area contributed by atoms with Gasteiger partial charge in [-0.2, -0.15) is 0 Å². The molecule has 6 heteroatoms. The molecule has 4 nitrogen and oxygen atoms in total. The van der Waals surface area contributed by atoms with E-state index >= 15 is 0 Å². The normalized spacial score (nSPS) is 21.8. The Hall–Kier alpha value is -2.44. The molecule has 0 unspecified atom stereocenters. The minimum Gasteiger partial charge on any atom is -0.488 e. The molecule has 0 radical (unpaired) electrons. The molecule has 188 valence electrons. The Kier molecular flexibility index (Phi) is 6.62. The number of benzene rings is 2. The van der Waals surface area contributed by atoms with E-state index in [0.717, 1.165) is 42.9 Å². The van der Waals surface area contributed by atoms with Crippen LogP contribution in [0.4, 0.5) is 8.78 Å². The van der Waals surface area contributed by atoms with Gasteiger partial charge in [-0.1, -0.05) is 24.3 Å². The molecule has 5 rings (SSSR count). The summed E-state index contributed by atoms with van der Waals surface area (Å²) in [5.74, 6) is 0.861. The van der Waals surface area contributed by atoms with Crippen LogP contribution in [0.15, 0.2) is 42.5 Å². The number of likely N-dealkylation sites (tertiary alicyclic amines) is 1. The van der Waals surface area contributed by atoms with Gasteiger partial charge >= 0.3 is 0 Å². The maximum absolute atomic E-state index is 15.0. The molecule has 0 bridgehead atoms. The molecule has 0 saturated carbocycles. The number of halogens is 2. The third kappa shape index (κ3) is 4.96. The number of H-pyrrole nitrogens is 1. The van der Waals surface area contributed by atoms with Crippen molar-refractivity contribution in [3.8, 4) is 5.75 Å². The number of alkyl halides is 2. The Morgan fingerprint density at radius 3 is 2.63 bits per heavy atom. The molecule has 2 aromatic carbocycles. The lowest BCUT2D eigenvalue weighted by Crippen LogP contribution is -2.53. The van der Waals surface area contributed by atoms with Gasteiger partial charge in [0.25, 0.3) is 0 Å². The highest BCUT2D eigenvalue weighted by Gasteiger charge is 2.39. The van der Waals surface area contributed by atoms with Crippen molar-refractivity contribution in [3.63, 3.8) is 0 Å². The predicted molar refractivity (Wildman–Crippen MR) is 138 cm³/mol. The Balaban J connectivity index is 1.45. The average Bonchev–Trinajstić information content (AvgIpc) is 3.13. The van der Waals surface area contributed by atoms with Crippen LogP contribution in [-0.2, 0) is 6.42 Å². The average molecular weight is 482 g/mol. The molecule has 0 amide bonds. The van der Waals surface area contributed by atoms with Crippen molar-refractivity contribution in [1.29, 1.82) is 0 Å². The number of fused-ring (bicyclic) bond motifs is 3. The van der Waals surface area contributed by atoms with Crippen LogP contribution in [-0.4, -0.2) is 65.5 Å². The summed E-state index contributed by atoms with van der Waals surface area (Å²) in [6.07, 6.45) is 1.63. The lowest BCUT2D eigenvalue weighted by molar-refractivity contribution is 0.0183. The van der Waals surface area contributed by atoms with Gasteiger partial charge in [0.15, 0.2) is 0 Å². The quantitative estimate of drug-likeness (QED) is 0.429. The zero-order valence-corrected chi connectivity index (χ0v) is 21.3. The first-order valence-corrected chi connectivity index (χ1v) is 12.8. The maximum Gasteiger partial charge on any atom is 0.124 e. The van der Waals surface area contributed by atoms with Gasteiger partial charge in [0, 0.05) is 48.8 Å². The molecular weight excluding hydrogens is 444 g/mol. The molecule has 1 fully saturated rings. The molecule has 3 aromatic rings. The van der Waals surface area contributed by atoms with E-state index in [1.807, 2.05) is 6.07 Å². The highest BCUT2D eigenvalue weighted by Crippen LogP contribution is 2.43. The molecule has 1 saturated heterocycles. The number of nitrogens with one attached hydrogen (secondary N) is 1. The Morgan fingerprint density at radius 2 is 1.91 bits per heavy atom. The Morgan fingerprint density at radius 1 is 1.14 bits per heavy atom. The van der Waals surface area contributed by atoms with Crippen LogP contribution in [0.25, 0.3) is 10.9 Å². The van der Waals surface area contributed by atoms with Crippen molar-refractivity contribution in [2.75, 3.05) is 32.9 Å². The molecule has 1 aromatic heterocycles. The summed E-state index contributed by atoms with van der Waals surface area (Å²) in [6, 6.07) is 14.9. The number of hydrogen-bond donors (Lipinski definition) is 1. The predicted octanol–water partition coefficient (Wildman–Crippen LogP) is 5.98. The van der Waals surface area contributed by atoms with Crippen LogP contribution in [0.5, 0.6) is 5.75 Å². The van der Waals surface area contributed by atoms with Gasteiger partial charge in [0.05, 0.1) is 12.7 Å².